The smallest absolute Gasteiger partial charge is 0.255 e. The zero-order chi connectivity index (χ0) is 27.9. The zero-order valence-corrected chi connectivity index (χ0v) is 23.4. The zero-order valence-electron chi connectivity index (χ0n) is 22.6. The second-order valence-corrected chi connectivity index (χ2v) is 11.2. The van der Waals surface area contributed by atoms with E-state index >= 15 is 0 Å². The maximum atomic E-state index is 13.7. The first-order valence-electron chi connectivity index (χ1n) is 12.9. The number of morpholine rings is 1. The van der Waals surface area contributed by atoms with Crippen LogP contribution in [0.2, 0.25) is 5.02 Å². The van der Waals surface area contributed by atoms with Gasteiger partial charge in [0, 0.05) is 41.1 Å². The van der Waals surface area contributed by atoms with Gasteiger partial charge in [-0.15, -0.1) is 0 Å². The highest BCUT2D eigenvalue weighted by Gasteiger charge is 2.38. The summed E-state index contributed by atoms with van der Waals surface area (Å²) in [6.45, 7) is 10.7. The first-order valence-corrected chi connectivity index (χ1v) is 13.2. The van der Waals surface area contributed by atoms with Gasteiger partial charge in [-0.1, -0.05) is 11.6 Å². The molecule has 10 nitrogen and oxygen atoms in total. The lowest BCUT2D eigenvalue weighted by Crippen LogP contribution is -2.60. The van der Waals surface area contributed by atoms with Gasteiger partial charge in [-0.2, -0.15) is 0 Å². The fourth-order valence-electron chi connectivity index (χ4n) is 5.24. The third-order valence-electron chi connectivity index (χ3n) is 7.03. The van der Waals surface area contributed by atoms with Crippen molar-refractivity contribution >= 4 is 50.9 Å². The number of hydrogen-bond acceptors (Lipinski definition) is 7. The molecule has 3 N–H and O–H groups in total. The van der Waals surface area contributed by atoms with Gasteiger partial charge >= 0.3 is 0 Å². The molecule has 4 aromatic rings. The third-order valence-corrected chi connectivity index (χ3v) is 7.25. The number of fused-ring (bicyclic) bond motifs is 3. The summed E-state index contributed by atoms with van der Waals surface area (Å²) in [6, 6.07) is 4.70. The molecule has 1 fully saturated rings. The van der Waals surface area contributed by atoms with Gasteiger partial charge < -0.3 is 20.4 Å². The molecule has 0 spiro atoms. The number of aromatic amines is 1. The van der Waals surface area contributed by atoms with Crippen molar-refractivity contribution in [3.8, 4) is 0 Å². The number of ether oxygens (including phenoxy) is 1. The number of aromatic nitrogens is 4. The lowest BCUT2D eigenvalue weighted by molar-refractivity contribution is -0.143. The molecule has 2 amide bonds. The van der Waals surface area contributed by atoms with Gasteiger partial charge in [0.05, 0.1) is 52.1 Å². The number of nitrogens with one attached hydrogen (secondary N) is 3. The predicted octanol–water partition coefficient (Wildman–Crippen LogP) is 4.01. The van der Waals surface area contributed by atoms with Crippen molar-refractivity contribution in [2.45, 2.75) is 52.3 Å². The second-order valence-electron chi connectivity index (χ2n) is 10.7. The van der Waals surface area contributed by atoms with Crippen LogP contribution in [0.5, 0.6) is 0 Å². The molecule has 5 rings (SSSR count). The molecule has 2 unspecified atom stereocenters. The van der Waals surface area contributed by atoms with Gasteiger partial charge in [0.15, 0.2) is 0 Å². The van der Waals surface area contributed by atoms with E-state index in [1.807, 2.05) is 32.9 Å². The summed E-state index contributed by atoms with van der Waals surface area (Å²) in [6.07, 6.45) is 4.92. The van der Waals surface area contributed by atoms with Crippen LogP contribution in [0.3, 0.4) is 0 Å². The molecule has 1 aliphatic heterocycles. The number of pyridine rings is 1. The second kappa shape index (κ2) is 10.5. The summed E-state index contributed by atoms with van der Waals surface area (Å²) < 4.78 is 6.04. The van der Waals surface area contributed by atoms with Crippen LogP contribution in [0.1, 0.15) is 42.5 Å². The number of H-pyrrole nitrogens is 1. The number of nitrogens with zero attached hydrogens (tertiary/aromatic N) is 4. The molecule has 2 atom stereocenters. The van der Waals surface area contributed by atoms with E-state index in [0.717, 1.165) is 21.8 Å². The maximum Gasteiger partial charge on any atom is 0.255 e. The summed E-state index contributed by atoms with van der Waals surface area (Å²) in [5.41, 5.74) is 3.48. The van der Waals surface area contributed by atoms with Crippen LogP contribution in [0, 0.1) is 13.8 Å². The van der Waals surface area contributed by atoms with Crippen molar-refractivity contribution in [3.63, 3.8) is 0 Å². The Hall–Kier alpha value is -3.60. The lowest BCUT2D eigenvalue weighted by atomic mass is 10.0. The standard InChI is InChI=1S/C28H32ClN7O3/c1-15(33-27(38)24-16(2)31-14-32-17(24)3)11-36-13-28(4,5)39-12-23(36)26(37)35-21-9-18(29)8-20-19-6-7-30-10-22(19)34-25(20)21/h6-10,14-15,23,34H,11-13H2,1-5H3,(H,33,38)(H,35,37). The Bertz CT molecular complexity index is 1550. The molecule has 0 bridgehead atoms. The molecule has 1 aromatic carbocycles. The molecule has 4 heterocycles. The molecule has 11 heteroatoms. The van der Waals surface area contributed by atoms with Gasteiger partial charge in [-0.3, -0.25) is 19.5 Å². The summed E-state index contributed by atoms with van der Waals surface area (Å²) in [5.74, 6) is -0.450. The Kier molecular flexibility index (Phi) is 7.28. The molecule has 1 aliphatic rings. The Morgan fingerprint density at radius 1 is 1.23 bits per heavy atom. The van der Waals surface area contributed by atoms with Crippen molar-refractivity contribution in [1.29, 1.82) is 0 Å². The van der Waals surface area contributed by atoms with Gasteiger partial charge in [0.1, 0.15) is 12.4 Å². The Labute approximate surface area is 231 Å². The average Bonchev–Trinajstić information content (AvgIpc) is 3.22. The largest absolute Gasteiger partial charge is 0.372 e. The number of carbonyl (C=O) groups is 2. The fraction of sp³-hybridized carbons (Fsp3) is 0.393. The van der Waals surface area contributed by atoms with Crippen LogP contribution >= 0.6 is 11.6 Å². The van der Waals surface area contributed by atoms with Gasteiger partial charge in [-0.05, 0) is 52.8 Å². The van der Waals surface area contributed by atoms with E-state index in [0.29, 0.717) is 40.8 Å². The third kappa shape index (κ3) is 5.59. The highest BCUT2D eigenvalue weighted by Crippen LogP contribution is 2.33. The normalized spacial score (nSPS) is 18.3. The van der Waals surface area contributed by atoms with Crippen LogP contribution in [0.25, 0.3) is 21.8 Å². The minimum absolute atomic E-state index is 0.213. The quantitative estimate of drug-likeness (QED) is 0.332. The topological polar surface area (TPSA) is 125 Å². The first kappa shape index (κ1) is 27.0. The molecule has 3 aromatic heterocycles. The van der Waals surface area contributed by atoms with Crippen molar-refractivity contribution in [2.24, 2.45) is 0 Å². The van der Waals surface area contributed by atoms with E-state index in [2.05, 4.69) is 35.5 Å². The predicted molar refractivity (Wildman–Crippen MR) is 151 cm³/mol. The van der Waals surface area contributed by atoms with E-state index < -0.39 is 11.6 Å². The molecule has 0 saturated carbocycles. The summed E-state index contributed by atoms with van der Waals surface area (Å²) in [7, 11) is 0. The van der Waals surface area contributed by atoms with Gasteiger partial charge in [0.25, 0.3) is 5.91 Å². The highest BCUT2D eigenvalue weighted by atomic mass is 35.5. The van der Waals surface area contributed by atoms with Crippen molar-refractivity contribution in [2.75, 3.05) is 25.0 Å². The molecular weight excluding hydrogens is 518 g/mol. The number of hydrogen-bond donors (Lipinski definition) is 3. The Morgan fingerprint density at radius 3 is 2.72 bits per heavy atom. The van der Waals surface area contributed by atoms with Crippen molar-refractivity contribution in [1.82, 2.24) is 30.2 Å². The Balaban J connectivity index is 1.36. The number of anilines is 1. The summed E-state index contributed by atoms with van der Waals surface area (Å²) in [5, 5.41) is 8.50. The van der Waals surface area contributed by atoms with Crippen LogP contribution in [0.4, 0.5) is 5.69 Å². The lowest BCUT2D eigenvalue weighted by Gasteiger charge is -2.43. The van der Waals surface area contributed by atoms with Crippen LogP contribution in [-0.4, -0.2) is 74.0 Å². The molecular formula is C28H32ClN7O3. The van der Waals surface area contributed by atoms with Crippen molar-refractivity contribution < 1.29 is 14.3 Å². The van der Waals surface area contributed by atoms with Crippen molar-refractivity contribution in [3.05, 3.63) is 58.9 Å². The average molecular weight is 550 g/mol. The fourth-order valence-corrected chi connectivity index (χ4v) is 5.45. The summed E-state index contributed by atoms with van der Waals surface area (Å²) >= 11 is 6.44. The number of carbonyl (C=O) groups excluding carboxylic acids is 2. The van der Waals surface area contributed by atoms with E-state index in [1.165, 1.54) is 6.33 Å². The van der Waals surface area contributed by atoms with E-state index in [4.69, 9.17) is 16.3 Å². The van der Waals surface area contributed by atoms with E-state index in [1.54, 1.807) is 32.3 Å². The van der Waals surface area contributed by atoms with Gasteiger partial charge in [0.2, 0.25) is 5.91 Å². The van der Waals surface area contributed by atoms with Crippen LogP contribution in [-0.2, 0) is 9.53 Å². The minimum Gasteiger partial charge on any atom is -0.372 e. The summed E-state index contributed by atoms with van der Waals surface area (Å²) in [4.78, 5) is 44.6. The van der Waals surface area contributed by atoms with Crippen LogP contribution in [0.15, 0.2) is 36.9 Å². The maximum absolute atomic E-state index is 13.7. The van der Waals surface area contributed by atoms with E-state index in [-0.39, 0.29) is 24.5 Å². The van der Waals surface area contributed by atoms with Crippen LogP contribution < -0.4 is 10.6 Å². The SMILES string of the molecule is Cc1ncnc(C)c1C(=O)NC(C)CN1CC(C)(C)OCC1C(=O)Nc1cc(Cl)cc2c1[nH]c1cnccc12. The van der Waals surface area contributed by atoms with E-state index in [9.17, 15) is 9.59 Å². The number of aryl methyl sites for hydroxylation is 2. The molecule has 39 heavy (non-hydrogen) atoms. The first-order chi connectivity index (χ1) is 18.5. The monoisotopic (exact) mass is 549 g/mol. The highest BCUT2D eigenvalue weighted by molar-refractivity contribution is 6.33. The molecule has 204 valence electrons. The number of halogens is 1. The molecule has 0 radical (unpaired) electrons. The number of rotatable bonds is 6. The Morgan fingerprint density at radius 2 is 1.97 bits per heavy atom. The number of benzene rings is 1. The molecule has 1 saturated heterocycles. The number of amides is 2. The van der Waals surface area contributed by atoms with Gasteiger partial charge in [-0.25, -0.2) is 9.97 Å². The minimum atomic E-state index is -0.569. The molecule has 0 aliphatic carbocycles.